The van der Waals surface area contributed by atoms with E-state index in [0.29, 0.717) is 6.61 Å². The van der Waals surface area contributed by atoms with Crippen molar-refractivity contribution in [2.24, 2.45) is 0 Å². The molecule has 0 radical (unpaired) electrons. The molecule has 0 aliphatic carbocycles. The zero-order chi connectivity index (χ0) is 24.8. The maximum atomic E-state index is 11.8. The number of ether oxygens (including phenoxy) is 1. The Kier molecular flexibility index (Phi) is 29.5. The fourth-order valence-electron chi connectivity index (χ4n) is 4.62. The highest BCUT2D eigenvalue weighted by molar-refractivity contribution is 5.81. The number of allylic oxidation sites excluding steroid dienone is 1. The summed E-state index contributed by atoms with van der Waals surface area (Å²) in [7, 11) is 0. The van der Waals surface area contributed by atoms with Crippen LogP contribution >= 0.6 is 0 Å². The highest BCUT2D eigenvalue weighted by Crippen LogP contribution is 2.14. The molecule has 0 fully saturated rings. The largest absolute Gasteiger partial charge is 0.463 e. The second kappa shape index (κ2) is 30.2. The van der Waals surface area contributed by atoms with Gasteiger partial charge in [0.15, 0.2) is 0 Å². The Balaban J connectivity index is 3.20. The Morgan fingerprint density at radius 3 is 1.18 bits per heavy atom. The first-order chi connectivity index (χ1) is 16.8. The second-order valence-electron chi connectivity index (χ2n) is 10.5. The van der Waals surface area contributed by atoms with Crippen molar-refractivity contribution in [2.45, 2.75) is 181 Å². The summed E-state index contributed by atoms with van der Waals surface area (Å²) in [6.45, 7) is 5.14. The summed E-state index contributed by atoms with van der Waals surface area (Å²) in [6.07, 6.45) is 38.6. The van der Waals surface area contributed by atoms with E-state index in [-0.39, 0.29) is 5.97 Å². The van der Waals surface area contributed by atoms with Crippen molar-refractivity contribution in [1.82, 2.24) is 0 Å². The van der Waals surface area contributed by atoms with Gasteiger partial charge in [-0.1, -0.05) is 168 Å². The molecule has 0 aromatic rings. The Bertz CT molecular complexity index is 415. The van der Waals surface area contributed by atoms with E-state index in [4.69, 9.17) is 4.74 Å². The molecule has 0 bridgehead atoms. The van der Waals surface area contributed by atoms with Gasteiger partial charge >= 0.3 is 5.97 Å². The lowest BCUT2D eigenvalue weighted by Gasteiger charge is -2.04. The number of rotatable bonds is 28. The van der Waals surface area contributed by atoms with Crippen molar-refractivity contribution in [2.75, 3.05) is 6.61 Å². The molecule has 0 rings (SSSR count). The van der Waals surface area contributed by atoms with Gasteiger partial charge in [-0.2, -0.15) is 0 Å². The molecule has 34 heavy (non-hydrogen) atoms. The van der Waals surface area contributed by atoms with E-state index < -0.39 is 0 Å². The molecule has 2 nitrogen and oxygen atoms in total. The van der Waals surface area contributed by atoms with Crippen LogP contribution in [-0.4, -0.2) is 12.6 Å². The normalized spacial score (nSPS) is 11.5. The molecule has 0 N–H and O–H groups in total. The van der Waals surface area contributed by atoms with Crippen LogP contribution in [0.15, 0.2) is 12.2 Å². The predicted molar refractivity (Wildman–Crippen MR) is 151 cm³/mol. The summed E-state index contributed by atoms with van der Waals surface area (Å²) < 4.78 is 5.33. The minimum atomic E-state index is -0.156. The van der Waals surface area contributed by atoms with Crippen molar-refractivity contribution in [3.05, 3.63) is 12.2 Å². The summed E-state index contributed by atoms with van der Waals surface area (Å²) in [5.74, 6) is -0.156. The van der Waals surface area contributed by atoms with Gasteiger partial charge in [-0.3, -0.25) is 0 Å². The smallest absolute Gasteiger partial charge is 0.330 e. The molecule has 0 aromatic carbocycles. The number of carbonyl (C=O) groups excluding carboxylic acids is 1. The van der Waals surface area contributed by atoms with E-state index in [9.17, 15) is 4.79 Å². The van der Waals surface area contributed by atoms with Gasteiger partial charge in [-0.15, -0.1) is 0 Å². The van der Waals surface area contributed by atoms with Crippen LogP contribution in [0.1, 0.15) is 181 Å². The SMILES string of the molecule is CCCCCCCCCCCC=CC(=O)OCCCCCCCCCCCCCCCCCC. The fraction of sp³-hybridized carbons (Fsp3) is 0.906. The van der Waals surface area contributed by atoms with Gasteiger partial charge < -0.3 is 4.74 Å². The van der Waals surface area contributed by atoms with E-state index in [2.05, 4.69) is 13.8 Å². The van der Waals surface area contributed by atoms with Crippen LogP contribution in [0.3, 0.4) is 0 Å². The third kappa shape index (κ3) is 29.2. The van der Waals surface area contributed by atoms with Gasteiger partial charge in [0.25, 0.3) is 0 Å². The van der Waals surface area contributed by atoms with Crippen molar-refractivity contribution in [3.63, 3.8) is 0 Å². The maximum absolute atomic E-state index is 11.8. The topological polar surface area (TPSA) is 26.3 Å². The van der Waals surface area contributed by atoms with Crippen molar-refractivity contribution in [1.29, 1.82) is 0 Å². The highest BCUT2D eigenvalue weighted by atomic mass is 16.5. The molecule has 0 spiro atoms. The first-order valence-corrected chi connectivity index (χ1v) is 15.6. The van der Waals surface area contributed by atoms with Crippen LogP contribution < -0.4 is 0 Å². The molecule has 0 aliphatic heterocycles. The third-order valence-corrected chi connectivity index (χ3v) is 6.97. The van der Waals surface area contributed by atoms with Crippen LogP contribution in [0.5, 0.6) is 0 Å². The molecule has 0 heterocycles. The Morgan fingerprint density at radius 2 is 0.794 bits per heavy atom. The van der Waals surface area contributed by atoms with Gasteiger partial charge in [0.05, 0.1) is 6.61 Å². The summed E-state index contributed by atoms with van der Waals surface area (Å²) in [5.41, 5.74) is 0. The first kappa shape index (κ1) is 33.2. The zero-order valence-corrected chi connectivity index (χ0v) is 23.6. The summed E-state index contributed by atoms with van der Waals surface area (Å²) in [5, 5.41) is 0. The summed E-state index contributed by atoms with van der Waals surface area (Å²) in [4.78, 5) is 11.8. The minimum Gasteiger partial charge on any atom is -0.463 e. The quantitative estimate of drug-likeness (QED) is 0.0634. The molecule has 0 amide bonds. The average molecular weight is 479 g/mol. The van der Waals surface area contributed by atoms with Crippen LogP contribution in [-0.2, 0) is 9.53 Å². The second-order valence-corrected chi connectivity index (χ2v) is 10.5. The number of carbonyl (C=O) groups is 1. The summed E-state index contributed by atoms with van der Waals surface area (Å²) >= 11 is 0. The Labute approximate surface area is 215 Å². The van der Waals surface area contributed by atoms with E-state index in [0.717, 1.165) is 12.8 Å². The van der Waals surface area contributed by atoms with E-state index >= 15 is 0 Å². The zero-order valence-electron chi connectivity index (χ0n) is 23.6. The van der Waals surface area contributed by atoms with Gasteiger partial charge in [0.2, 0.25) is 0 Å². The van der Waals surface area contributed by atoms with Crippen molar-refractivity contribution in [3.8, 4) is 0 Å². The van der Waals surface area contributed by atoms with Crippen LogP contribution in [0.4, 0.5) is 0 Å². The molecule has 0 unspecified atom stereocenters. The molecule has 0 saturated heterocycles. The molecule has 0 saturated carbocycles. The molecule has 0 atom stereocenters. The molecule has 202 valence electrons. The number of esters is 1. The molecular weight excluding hydrogens is 416 g/mol. The van der Waals surface area contributed by atoms with E-state index in [1.165, 1.54) is 154 Å². The Hall–Kier alpha value is -0.790. The maximum Gasteiger partial charge on any atom is 0.330 e. The first-order valence-electron chi connectivity index (χ1n) is 15.6. The van der Waals surface area contributed by atoms with Gasteiger partial charge in [-0.05, 0) is 19.3 Å². The lowest BCUT2D eigenvalue weighted by molar-refractivity contribution is -0.137. The van der Waals surface area contributed by atoms with Crippen molar-refractivity contribution >= 4 is 5.97 Å². The average Bonchev–Trinajstić information content (AvgIpc) is 2.84. The molecular formula is C32H62O2. The van der Waals surface area contributed by atoms with Crippen LogP contribution in [0.2, 0.25) is 0 Å². The number of hydrogen-bond donors (Lipinski definition) is 0. The molecule has 0 aliphatic rings. The predicted octanol–water partition coefficient (Wildman–Crippen LogP) is 11.3. The van der Waals surface area contributed by atoms with Crippen LogP contribution in [0, 0.1) is 0 Å². The summed E-state index contributed by atoms with van der Waals surface area (Å²) in [6, 6.07) is 0. The number of hydrogen-bond acceptors (Lipinski definition) is 2. The number of unbranched alkanes of at least 4 members (excludes halogenated alkanes) is 24. The lowest BCUT2D eigenvalue weighted by atomic mass is 10.0. The van der Waals surface area contributed by atoms with Crippen molar-refractivity contribution < 1.29 is 9.53 Å². The van der Waals surface area contributed by atoms with E-state index in [1.807, 2.05) is 6.08 Å². The molecule has 2 heteroatoms. The Morgan fingerprint density at radius 1 is 0.471 bits per heavy atom. The van der Waals surface area contributed by atoms with E-state index in [1.54, 1.807) is 6.08 Å². The monoisotopic (exact) mass is 478 g/mol. The van der Waals surface area contributed by atoms with Gasteiger partial charge in [0.1, 0.15) is 0 Å². The van der Waals surface area contributed by atoms with Gasteiger partial charge in [-0.25, -0.2) is 4.79 Å². The minimum absolute atomic E-state index is 0.156. The standard InChI is InChI=1S/C32H62O2/c1-3-5-7-9-11-13-15-16-17-18-19-21-23-25-27-29-31-34-32(33)30-28-26-24-22-20-14-12-10-8-6-4-2/h28,30H,3-27,29,31H2,1-2H3. The molecule has 0 aromatic heterocycles. The van der Waals surface area contributed by atoms with Gasteiger partial charge in [0, 0.05) is 6.08 Å². The fourth-order valence-corrected chi connectivity index (χ4v) is 4.62. The lowest BCUT2D eigenvalue weighted by Crippen LogP contribution is -2.02. The van der Waals surface area contributed by atoms with Crippen LogP contribution in [0.25, 0.3) is 0 Å². The highest BCUT2D eigenvalue weighted by Gasteiger charge is 1.98. The third-order valence-electron chi connectivity index (χ3n) is 6.97.